The molecule has 1 N–H and O–H groups in total. The number of halogens is 1. The van der Waals surface area contributed by atoms with Crippen molar-refractivity contribution in [1.29, 1.82) is 0 Å². The highest BCUT2D eigenvalue weighted by Crippen LogP contribution is 2.24. The number of nitrogens with one attached hydrogen (secondary N) is 1. The number of aryl methyl sites for hydroxylation is 1. The fourth-order valence-corrected chi connectivity index (χ4v) is 1.35. The number of para-hydroxylation sites is 1. The predicted octanol–water partition coefficient (Wildman–Crippen LogP) is 2.75. The van der Waals surface area contributed by atoms with Gasteiger partial charge >= 0.3 is 5.97 Å². The quantitative estimate of drug-likeness (QED) is 0.635. The number of carbonyl (C=O) groups excluding carboxylic acids is 1. The van der Waals surface area contributed by atoms with Crippen molar-refractivity contribution in [1.82, 2.24) is 0 Å². The van der Waals surface area contributed by atoms with Gasteiger partial charge in [-0.3, -0.25) is 0 Å². The van der Waals surface area contributed by atoms with Gasteiger partial charge in [-0.2, -0.15) is 0 Å². The minimum atomic E-state index is -0.410. The Balaban J connectivity index is 2.73. The van der Waals surface area contributed by atoms with Crippen LogP contribution in [0.25, 0.3) is 0 Å². The van der Waals surface area contributed by atoms with Crippen molar-refractivity contribution in [2.45, 2.75) is 6.92 Å². The first-order chi connectivity index (χ1) is 7.15. The highest BCUT2D eigenvalue weighted by molar-refractivity contribution is 6.33. The van der Waals surface area contributed by atoms with Gasteiger partial charge in [-0.25, -0.2) is 4.79 Å². The van der Waals surface area contributed by atoms with Crippen molar-refractivity contribution in [3.63, 3.8) is 0 Å². The topological polar surface area (TPSA) is 38.3 Å². The van der Waals surface area contributed by atoms with E-state index in [0.717, 1.165) is 11.3 Å². The largest absolute Gasteiger partial charge is 0.466 e. The molecule has 15 heavy (non-hydrogen) atoms. The average Bonchev–Trinajstić information content (AvgIpc) is 2.22. The number of hydrogen-bond donors (Lipinski definition) is 1. The van der Waals surface area contributed by atoms with E-state index in [1.807, 2.05) is 19.1 Å². The van der Waals surface area contributed by atoms with E-state index in [-0.39, 0.29) is 0 Å². The van der Waals surface area contributed by atoms with Crippen molar-refractivity contribution < 1.29 is 9.53 Å². The molecule has 0 fully saturated rings. The number of anilines is 1. The summed E-state index contributed by atoms with van der Waals surface area (Å²) in [6, 6.07) is 5.58. The fraction of sp³-hybridized carbons (Fsp3) is 0.182. The zero-order chi connectivity index (χ0) is 11.3. The van der Waals surface area contributed by atoms with Crippen LogP contribution < -0.4 is 5.32 Å². The molecule has 1 aromatic rings. The van der Waals surface area contributed by atoms with Crippen molar-refractivity contribution >= 4 is 23.3 Å². The van der Waals surface area contributed by atoms with Crippen LogP contribution in [0, 0.1) is 6.92 Å². The molecule has 1 rings (SSSR count). The monoisotopic (exact) mass is 225 g/mol. The Labute approximate surface area is 93.7 Å². The zero-order valence-electron chi connectivity index (χ0n) is 8.58. The molecule has 0 spiro atoms. The molecule has 0 bridgehead atoms. The second kappa shape index (κ2) is 5.41. The third kappa shape index (κ3) is 3.29. The van der Waals surface area contributed by atoms with E-state index >= 15 is 0 Å². The van der Waals surface area contributed by atoms with Crippen LogP contribution >= 0.6 is 11.6 Å². The van der Waals surface area contributed by atoms with Crippen LogP contribution in [0.5, 0.6) is 0 Å². The van der Waals surface area contributed by atoms with E-state index in [1.165, 1.54) is 19.4 Å². The Hall–Kier alpha value is -1.48. The first-order valence-electron chi connectivity index (χ1n) is 4.41. The lowest BCUT2D eigenvalue weighted by molar-refractivity contribution is -0.134. The van der Waals surface area contributed by atoms with Crippen molar-refractivity contribution in [3.05, 3.63) is 41.1 Å². The molecule has 0 atom stereocenters. The summed E-state index contributed by atoms with van der Waals surface area (Å²) in [5.74, 6) is -0.410. The van der Waals surface area contributed by atoms with Gasteiger partial charge in [-0.05, 0) is 18.6 Å². The molecular weight excluding hydrogens is 214 g/mol. The molecule has 0 heterocycles. The lowest BCUT2D eigenvalue weighted by atomic mass is 10.2. The number of ether oxygens (including phenoxy) is 1. The van der Waals surface area contributed by atoms with Gasteiger partial charge in [0.25, 0.3) is 0 Å². The van der Waals surface area contributed by atoms with Gasteiger partial charge in [-0.1, -0.05) is 23.7 Å². The summed E-state index contributed by atoms with van der Waals surface area (Å²) in [6.45, 7) is 1.93. The lowest BCUT2D eigenvalue weighted by Crippen LogP contribution is -1.97. The molecule has 0 saturated carbocycles. The molecule has 0 aromatic heterocycles. The van der Waals surface area contributed by atoms with Gasteiger partial charge in [0.1, 0.15) is 0 Å². The van der Waals surface area contributed by atoms with E-state index in [1.54, 1.807) is 6.07 Å². The van der Waals surface area contributed by atoms with E-state index in [9.17, 15) is 4.79 Å². The Morgan fingerprint density at radius 3 is 2.87 bits per heavy atom. The summed E-state index contributed by atoms with van der Waals surface area (Å²) in [5, 5.41) is 3.55. The highest BCUT2D eigenvalue weighted by Gasteiger charge is 2.00. The normalized spacial score (nSPS) is 10.3. The van der Waals surface area contributed by atoms with Gasteiger partial charge in [0, 0.05) is 12.3 Å². The van der Waals surface area contributed by atoms with E-state index < -0.39 is 5.97 Å². The smallest absolute Gasteiger partial charge is 0.331 e. The van der Waals surface area contributed by atoms with E-state index in [0.29, 0.717) is 5.02 Å². The molecule has 4 heteroatoms. The van der Waals surface area contributed by atoms with Gasteiger partial charge in [-0.15, -0.1) is 0 Å². The number of methoxy groups -OCH3 is 1. The summed E-state index contributed by atoms with van der Waals surface area (Å²) in [6.07, 6.45) is 2.79. The Morgan fingerprint density at radius 2 is 2.27 bits per heavy atom. The molecule has 0 aliphatic heterocycles. The second-order valence-corrected chi connectivity index (χ2v) is 3.34. The lowest BCUT2D eigenvalue weighted by Gasteiger charge is -2.06. The number of esters is 1. The molecule has 3 nitrogen and oxygen atoms in total. The van der Waals surface area contributed by atoms with Crippen LogP contribution in [0.1, 0.15) is 5.56 Å². The highest BCUT2D eigenvalue weighted by atomic mass is 35.5. The molecule has 1 aromatic carbocycles. The summed E-state index contributed by atoms with van der Waals surface area (Å²) >= 11 is 5.97. The number of benzene rings is 1. The summed E-state index contributed by atoms with van der Waals surface area (Å²) in [4.78, 5) is 10.8. The van der Waals surface area contributed by atoms with Crippen LogP contribution in [-0.4, -0.2) is 13.1 Å². The minimum Gasteiger partial charge on any atom is -0.466 e. The first-order valence-corrected chi connectivity index (χ1v) is 4.79. The third-order valence-electron chi connectivity index (χ3n) is 1.87. The number of hydrogen-bond acceptors (Lipinski definition) is 3. The molecule has 0 amide bonds. The molecule has 0 saturated heterocycles. The maximum atomic E-state index is 10.8. The Bertz CT molecular complexity index is 368. The molecule has 0 aliphatic rings. The Morgan fingerprint density at radius 1 is 1.53 bits per heavy atom. The molecule has 0 aliphatic carbocycles. The summed E-state index contributed by atoms with van der Waals surface area (Å²) in [7, 11) is 1.33. The Kier molecular flexibility index (Phi) is 4.18. The minimum absolute atomic E-state index is 0.410. The van der Waals surface area contributed by atoms with Crippen LogP contribution in [-0.2, 0) is 9.53 Å². The zero-order valence-corrected chi connectivity index (χ0v) is 9.34. The van der Waals surface area contributed by atoms with Gasteiger partial charge in [0.2, 0.25) is 0 Å². The van der Waals surface area contributed by atoms with Crippen LogP contribution in [0.4, 0.5) is 5.69 Å². The third-order valence-corrected chi connectivity index (χ3v) is 2.19. The van der Waals surface area contributed by atoms with Crippen LogP contribution in [0.15, 0.2) is 30.5 Å². The maximum absolute atomic E-state index is 10.8. The average molecular weight is 226 g/mol. The maximum Gasteiger partial charge on any atom is 0.331 e. The molecule has 0 unspecified atom stereocenters. The summed E-state index contributed by atoms with van der Waals surface area (Å²) in [5.41, 5.74) is 1.80. The van der Waals surface area contributed by atoms with Crippen LogP contribution in [0.3, 0.4) is 0 Å². The predicted molar refractivity (Wildman–Crippen MR) is 61.0 cm³/mol. The van der Waals surface area contributed by atoms with Crippen LogP contribution in [0.2, 0.25) is 5.02 Å². The van der Waals surface area contributed by atoms with Gasteiger partial charge in [0.05, 0.1) is 17.8 Å². The van der Waals surface area contributed by atoms with Crippen molar-refractivity contribution in [3.8, 4) is 0 Å². The number of rotatable bonds is 3. The van der Waals surface area contributed by atoms with E-state index in [2.05, 4.69) is 10.1 Å². The van der Waals surface area contributed by atoms with Crippen molar-refractivity contribution in [2.75, 3.05) is 12.4 Å². The van der Waals surface area contributed by atoms with Crippen molar-refractivity contribution in [2.24, 2.45) is 0 Å². The van der Waals surface area contributed by atoms with Gasteiger partial charge < -0.3 is 10.1 Å². The van der Waals surface area contributed by atoms with Gasteiger partial charge in [0.15, 0.2) is 0 Å². The molecular formula is C11H12ClNO2. The molecule has 80 valence electrons. The second-order valence-electron chi connectivity index (χ2n) is 2.93. The summed E-state index contributed by atoms with van der Waals surface area (Å²) < 4.78 is 4.45. The molecule has 0 radical (unpaired) electrons. The fourth-order valence-electron chi connectivity index (χ4n) is 1.08. The SMILES string of the molecule is COC(=O)/C=C/Nc1c(C)cccc1Cl. The first kappa shape index (κ1) is 11.6. The van der Waals surface area contributed by atoms with E-state index in [4.69, 9.17) is 11.6 Å². The standard InChI is InChI=1S/C11H12ClNO2/c1-8-4-3-5-9(12)11(8)13-7-6-10(14)15-2/h3-7,13H,1-2H3/b7-6+. The number of carbonyl (C=O) groups is 1.